The lowest BCUT2D eigenvalue weighted by atomic mass is 9.80. The van der Waals surface area contributed by atoms with Gasteiger partial charge >= 0.3 is 6.18 Å². The predicted molar refractivity (Wildman–Crippen MR) is 68.9 cm³/mol. The summed E-state index contributed by atoms with van der Waals surface area (Å²) < 4.78 is 38.4. The van der Waals surface area contributed by atoms with Crippen LogP contribution in [0.5, 0.6) is 0 Å². The summed E-state index contributed by atoms with van der Waals surface area (Å²) in [5.74, 6) is 0. The Hall–Kier alpha value is -1.07. The van der Waals surface area contributed by atoms with Gasteiger partial charge in [-0.3, -0.25) is 0 Å². The van der Waals surface area contributed by atoms with Crippen LogP contribution >= 0.6 is 0 Å². The maximum atomic E-state index is 12.8. The Bertz CT molecular complexity index is 435. The molecule has 0 unspecified atom stereocenters. The molecular weight excluding hydrogens is 253 g/mol. The van der Waals surface area contributed by atoms with Crippen molar-refractivity contribution < 1.29 is 13.2 Å². The maximum Gasteiger partial charge on any atom is 0.416 e. The van der Waals surface area contributed by atoms with E-state index in [9.17, 15) is 13.2 Å². The van der Waals surface area contributed by atoms with Crippen molar-refractivity contribution in [3.8, 4) is 0 Å². The van der Waals surface area contributed by atoms with E-state index in [0.29, 0.717) is 0 Å². The standard InChI is InChI=1S/C14H19F3N2/c1-18-13(6-8-19(2)9-7-13)11-4-3-5-12(10-11)14(15,16)17/h3-5,10,18H,6-9H2,1-2H3. The van der Waals surface area contributed by atoms with Crippen LogP contribution in [-0.4, -0.2) is 32.1 Å². The summed E-state index contributed by atoms with van der Waals surface area (Å²) in [5, 5.41) is 3.24. The molecule has 5 heteroatoms. The number of nitrogens with one attached hydrogen (secondary N) is 1. The second kappa shape index (κ2) is 5.13. The van der Waals surface area contributed by atoms with Crippen molar-refractivity contribution in [2.45, 2.75) is 24.6 Å². The molecule has 106 valence electrons. The van der Waals surface area contributed by atoms with Gasteiger partial charge in [0.05, 0.1) is 5.56 Å². The summed E-state index contributed by atoms with van der Waals surface area (Å²) in [6.45, 7) is 1.77. The first-order valence-corrected chi connectivity index (χ1v) is 6.43. The molecule has 0 spiro atoms. The third kappa shape index (κ3) is 2.92. The first kappa shape index (κ1) is 14.3. The van der Waals surface area contributed by atoms with Crippen LogP contribution in [0.15, 0.2) is 24.3 Å². The van der Waals surface area contributed by atoms with Crippen LogP contribution in [0.3, 0.4) is 0 Å². The van der Waals surface area contributed by atoms with E-state index in [-0.39, 0.29) is 5.54 Å². The summed E-state index contributed by atoms with van der Waals surface area (Å²) in [7, 11) is 3.86. The topological polar surface area (TPSA) is 15.3 Å². The van der Waals surface area contributed by atoms with Gasteiger partial charge in [-0.25, -0.2) is 0 Å². The number of rotatable bonds is 2. The molecule has 1 aliphatic rings. The molecule has 0 aliphatic carbocycles. The molecule has 2 rings (SSSR count). The van der Waals surface area contributed by atoms with Gasteiger partial charge in [0.15, 0.2) is 0 Å². The van der Waals surface area contributed by atoms with Crippen LogP contribution < -0.4 is 5.32 Å². The minimum Gasteiger partial charge on any atom is -0.310 e. The van der Waals surface area contributed by atoms with Crippen molar-refractivity contribution in [3.05, 3.63) is 35.4 Å². The van der Waals surface area contributed by atoms with E-state index in [1.807, 2.05) is 14.1 Å². The Balaban J connectivity index is 2.34. The smallest absolute Gasteiger partial charge is 0.310 e. The Morgan fingerprint density at radius 2 is 1.84 bits per heavy atom. The molecule has 1 heterocycles. The quantitative estimate of drug-likeness (QED) is 0.890. The van der Waals surface area contributed by atoms with Crippen LogP contribution in [0, 0.1) is 0 Å². The van der Waals surface area contributed by atoms with Gasteiger partial charge in [0.25, 0.3) is 0 Å². The monoisotopic (exact) mass is 272 g/mol. The molecule has 1 aromatic rings. The molecule has 0 radical (unpaired) electrons. The molecule has 1 N–H and O–H groups in total. The molecule has 0 amide bonds. The molecule has 1 aliphatic heterocycles. The van der Waals surface area contributed by atoms with Crippen LogP contribution in [0.25, 0.3) is 0 Å². The number of nitrogens with zero attached hydrogens (tertiary/aromatic N) is 1. The average molecular weight is 272 g/mol. The second-order valence-corrected chi connectivity index (χ2v) is 5.21. The van der Waals surface area contributed by atoms with E-state index in [2.05, 4.69) is 10.2 Å². The fourth-order valence-corrected chi connectivity index (χ4v) is 2.68. The number of hydrogen-bond donors (Lipinski definition) is 1. The SMILES string of the molecule is CNC1(c2cccc(C(F)(F)F)c2)CCN(C)CC1. The van der Waals surface area contributed by atoms with E-state index in [1.54, 1.807) is 6.07 Å². The Labute approximate surface area is 111 Å². The average Bonchev–Trinajstić information content (AvgIpc) is 2.39. The van der Waals surface area contributed by atoms with Gasteiger partial charge in [-0.15, -0.1) is 0 Å². The zero-order chi connectivity index (χ0) is 14.1. The summed E-state index contributed by atoms with van der Waals surface area (Å²) in [5.41, 5.74) is -0.176. The molecule has 19 heavy (non-hydrogen) atoms. The summed E-state index contributed by atoms with van der Waals surface area (Å²) in [6, 6.07) is 5.69. The van der Waals surface area contributed by atoms with E-state index >= 15 is 0 Å². The van der Waals surface area contributed by atoms with Crippen molar-refractivity contribution >= 4 is 0 Å². The lowest BCUT2D eigenvalue weighted by molar-refractivity contribution is -0.137. The molecule has 1 fully saturated rings. The number of hydrogen-bond acceptors (Lipinski definition) is 2. The normalized spacial score (nSPS) is 20.5. The minimum absolute atomic E-state index is 0.340. The molecule has 2 nitrogen and oxygen atoms in total. The van der Waals surface area contributed by atoms with Gasteiger partial charge in [0.1, 0.15) is 0 Å². The number of likely N-dealkylation sites (tertiary alicyclic amines) is 1. The fourth-order valence-electron chi connectivity index (χ4n) is 2.68. The second-order valence-electron chi connectivity index (χ2n) is 5.21. The maximum absolute atomic E-state index is 12.8. The third-order valence-electron chi connectivity index (χ3n) is 4.06. The summed E-state index contributed by atoms with van der Waals surface area (Å²) >= 11 is 0. The van der Waals surface area contributed by atoms with E-state index in [1.165, 1.54) is 12.1 Å². The van der Waals surface area contributed by atoms with Crippen molar-refractivity contribution in [2.75, 3.05) is 27.2 Å². The number of alkyl halides is 3. The molecule has 0 saturated carbocycles. The van der Waals surface area contributed by atoms with E-state index in [0.717, 1.165) is 37.6 Å². The van der Waals surface area contributed by atoms with Gasteiger partial charge < -0.3 is 10.2 Å². The van der Waals surface area contributed by atoms with Gasteiger partial charge in [0, 0.05) is 5.54 Å². The van der Waals surface area contributed by atoms with Gasteiger partial charge in [-0.1, -0.05) is 12.1 Å². The van der Waals surface area contributed by atoms with E-state index in [4.69, 9.17) is 0 Å². The summed E-state index contributed by atoms with van der Waals surface area (Å²) in [4.78, 5) is 2.20. The van der Waals surface area contributed by atoms with Crippen molar-refractivity contribution in [1.29, 1.82) is 0 Å². The van der Waals surface area contributed by atoms with Crippen LogP contribution in [0.2, 0.25) is 0 Å². The highest BCUT2D eigenvalue weighted by atomic mass is 19.4. The Morgan fingerprint density at radius 1 is 1.21 bits per heavy atom. The fraction of sp³-hybridized carbons (Fsp3) is 0.571. The molecule has 0 atom stereocenters. The van der Waals surface area contributed by atoms with Crippen LogP contribution in [0.4, 0.5) is 13.2 Å². The molecule has 1 aromatic carbocycles. The van der Waals surface area contributed by atoms with Crippen molar-refractivity contribution in [1.82, 2.24) is 10.2 Å². The summed E-state index contributed by atoms with van der Waals surface area (Å²) in [6.07, 6.45) is -2.64. The predicted octanol–water partition coefficient (Wildman–Crippen LogP) is 2.85. The lowest BCUT2D eigenvalue weighted by Gasteiger charge is -2.41. The number of halogens is 3. The molecule has 0 bridgehead atoms. The Morgan fingerprint density at radius 3 is 2.37 bits per heavy atom. The third-order valence-corrected chi connectivity index (χ3v) is 4.06. The lowest BCUT2D eigenvalue weighted by Crippen LogP contribution is -2.48. The highest BCUT2D eigenvalue weighted by Crippen LogP contribution is 2.36. The molecule has 0 aromatic heterocycles. The molecular formula is C14H19F3N2. The van der Waals surface area contributed by atoms with Crippen molar-refractivity contribution in [2.24, 2.45) is 0 Å². The minimum atomic E-state index is -4.28. The van der Waals surface area contributed by atoms with Crippen LogP contribution in [-0.2, 0) is 11.7 Å². The van der Waals surface area contributed by atoms with Crippen LogP contribution in [0.1, 0.15) is 24.0 Å². The zero-order valence-electron chi connectivity index (χ0n) is 11.2. The van der Waals surface area contributed by atoms with E-state index < -0.39 is 11.7 Å². The van der Waals surface area contributed by atoms with Gasteiger partial charge in [0.2, 0.25) is 0 Å². The zero-order valence-corrected chi connectivity index (χ0v) is 11.2. The van der Waals surface area contributed by atoms with Gasteiger partial charge in [-0.05, 0) is 57.7 Å². The Kier molecular flexibility index (Phi) is 3.87. The first-order chi connectivity index (χ1) is 8.87. The van der Waals surface area contributed by atoms with Crippen molar-refractivity contribution in [3.63, 3.8) is 0 Å². The molecule has 1 saturated heterocycles. The highest BCUT2D eigenvalue weighted by molar-refractivity contribution is 5.31. The number of piperidine rings is 1. The number of benzene rings is 1. The highest BCUT2D eigenvalue weighted by Gasteiger charge is 2.36. The first-order valence-electron chi connectivity index (χ1n) is 6.43. The van der Waals surface area contributed by atoms with Gasteiger partial charge in [-0.2, -0.15) is 13.2 Å². The largest absolute Gasteiger partial charge is 0.416 e.